The predicted molar refractivity (Wildman–Crippen MR) is 135 cm³/mol. The molecular formula is C29H26N2O3. The van der Waals surface area contributed by atoms with Crippen LogP contribution in [0.25, 0.3) is 22.3 Å². The molecule has 2 N–H and O–H groups in total. The lowest BCUT2D eigenvalue weighted by atomic mass is 9.84. The fourth-order valence-corrected chi connectivity index (χ4v) is 4.32. The van der Waals surface area contributed by atoms with E-state index in [2.05, 4.69) is 42.2 Å². The van der Waals surface area contributed by atoms with Crippen LogP contribution in [0.1, 0.15) is 46.3 Å². The van der Waals surface area contributed by atoms with Crippen molar-refractivity contribution in [3.05, 3.63) is 114 Å². The fourth-order valence-electron chi connectivity index (χ4n) is 4.32. The molecule has 4 rings (SSSR count). The summed E-state index contributed by atoms with van der Waals surface area (Å²) < 4.78 is 0. The number of benzene rings is 3. The Bertz CT molecular complexity index is 1310. The lowest BCUT2D eigenvalue weighted by molar-refractivity contribution is 0.0697. The van der Waals surface area contributed by atoms with Crippen LogP contribution >= 0.6 is 0 Å². The van der Waals surface area contributed by atoms with E-state index >= 15 is 0 Å². The zero-order valence-electron chi connectivity index (χ0n) is 19.1. The Hall–Kier alpha value is -4.25. The minimum absolute atomic E-state index is 0.0582. The van der Waals surface area contributed by atoms with Crippen molar-refractivity contribution in [1.82, 2.24) is 4.98 Å². The van der Waals surface area contributed by atoms with Gasteiger partial charge < -0.3 is 10.3 Å². The molecule has 1 atom stereocenters. The van der Waals surface area contributed by atoms with Crippen LogP contribution in [0.15, 0.2) is 96.4 Å². The van der Waals surface area contributed by atoms with Gasteiger partial charge in [0.25, 0.3) is 0 Å². The van der Waals surface area contributed by atoms with Gasteiger partial charge in [-0.3, -0.25) is 4.98 Å². The number of aryl methyl sites for hydroxylation is 1. The molecule has 0 aliphatic heterocycles. The minimum Gasteiger partial charge on any atom is -0.478 e. The van der Waals surface area contributed by atoms with Crippen LogP contribution in [0.2, 0.25) is 0 Å². The van der Waals surface area contributed by atoms with Crippen molar-refractivity contribution in [2.45, 2.75) is 26.2 Å². The average molecular weight is 451 g/mol. The quantitative estimate of drug-likeness (QED) is 0.184. The highest BCUT2D eigenvalue weighted by Gasteiger charge is 2.21. The summed E-state index contributed by atoms with van der Waals surface area (Å²) in [5, 5.41) is 22.8. The first-order valence-electron chi connectivity index (χ1n) is 11.2. The van der Waals surface area contributed by atoms with Crippen molar-refractivity contribution in [3.8, 4) is 22.3 Å². The van der Waals surface area contributed by atoms with Gasteiger partial charge in [-0.05, 0) is 76.6 Å². The van der Waals surface area contributed by atoms with Crippen molar-refractivity contribution in [2.24, 2.45) is 5.16 Å². The number of oxime groups is 1. The maximum Gasteiger partial charge on any atom is 0.335 e. The smallest absolute Gasteiger partial charge is 0.335 e. The molecule has 0 saturated carbocycles. The van der Waals surface area contributed by atoms with Gasteiger partial charge in [0.15, 0.2) is 0 Å². The Morgan fingerprint density at radius 3 is 1.85 bits per heavy atom. The standard InChI is InChI=1S/C29H26N2O3/c1-3-26(27-13-12-25(18-19(27)2)22-14-16-30-17-15-22)28(31-34)23-8-4-20(5-9-23)21-6-10-24(11-7-21)29(32)33/h4-18,26,34H,3H2,1-2H3,(H,32,33)/b31-28-/t26-/m1/s1. The summed E-state index contributed by atoms with van der Waals surface area (Å²) in [5.74, 6) is -1.00. The molecule has 170 valence electrons. The third kappa shape index (κ3) is 4.74. The lowest BCUT2D eigenvalue weighted by Crippen LogP contribution is -2.15. The summed E-state index contributed by atoms with van der Waals surface area (Å²) in [7, 11) is 0. The topological polar surface area (TPSA) is 82.8 Å². The third-order valence-corrected chi connectivity index (χ3v) is 6.15. The monoisotopic (exact) mass is 450 g/mol. The van der Waals surface area contributed by atoms with E-state index in [4.69, 9.17) is 5.11 Å². The van der Waals surface area contributed by atoms with E-state index in [9.17, 15) is 10.0 Å². The van der Waals surface area contributed by atoms with Crippen molar-refractivity contribution < 1.29 is 15.1 Å². The third-order valence-electron chi connectivity index (χ3n) is 6.15. The number of pyridine rings is 1. The van der Waals surface area contributed by atoms with E-state index < -0.39 is 5.97 Å². The van der Waals surface area contributed by atoms with Crippen LogP contribution in [0.5, 0.6) is 0 Å². The van der Waals surface area contributed by atoms with E-state index in [0.717, 1.165) is 45.4 Å². The molecule has 0 amide bonds. The summed E-state index contributed by atoms with van der Waals surface area (Å²) in [6.45, 7) is 4.17. The van der Waals surface area contributed by atoms with Gasteiger partial charge in [0, 0.05) is 18.3 Å². The van der Waals surface area contributed by atoms with Gasteiger partial charge in [0.2, 0.25) is 0 Å². The Morgan fingerprint density at radius 2 is 1.35 bits per heavy atom. The second-order valence-corrected chi connectivity index (χ2v) is 8.21. The number of nitrogens with zero attached hydrogens (tertiary/aromatic N) is 2. The molecule has 34 heavy (non-hydrogen) atoms. The van der Waals surface area contributed by atoms with Gasteiger partial charge >= 0.3 is 5.97 Å². The van der Waals surface area contributed by atoms with Crippen LogP contribution in [-0.4, -0.2) is 27.0 Å². The number of hydrogen-bond acceptors (Lipinski definition) is 4. The van der Waals surface area contributed by atoms with Crippen molar-refractivity contribution in [3.63, 3.8) is 0 Å². The van der Waals surface area contributed by atoms with Crippen molar-refractivity contribution in [1.29, 1.82) is 0 Å². The molecule has 0 fully saturated rings. The summed E-state index contributed by atoms with van der Waals surface area (Å²) in [4.78, 5) is 15.2. The molecule has 1 aromatic heterocycles. The Balaban J connectivity index is 1.61. The molecule has 1 heterocycles. The van der Waals surface area contributed by atoms with Gasteiger partial charge in [-0.1, -0.05) is 66.7 Å². The first-order chi connectivity index (χ1) is 16.5. The first kappa shape index (κ1) is 22.9. The molecule has 0 aliphatic rings. The number of carboxylic acids is 1. The normalized spacial score (nSPS) is 12.4. The Kier molecular flexibility index (Phi) is 6.83. The molecule has 4 aromatic rings. The van der Waals surface area contributed by atoms with E-state index in [0.29, 0.717) is 5.71 Å². The van der Waals surface area contributed by atoms with Gasteiger partial charge in [-0.15, -0.1) is 0 Å². The highest BCUT2D eigenvalue weighted by Crippen LogP contribution is 2.31. The molecular weight excluding hydrogens is 424 g/mol. The van der Waals surface area contributed by atoms with Gasteiger partial charge in [0.1, 0.15) is 0 Å². The van der Waals surface area contributed by atoms with Crippen LogP contribution in [0, 0.1) is 6.92 Å². The summed E-state index contributed by atoms with van der Waals surface area (Å²) in [5.41, 5.74) is 8.11. The molecule has 0 aliphatic carbocycles. The molecule has 3 aromatic carbocycles. The maximum atomic E-state index is 11.1. The van der Waals surface area contributed by atoms with Crippen molar-refractivity contribution in [2.75, 3.05) is 0 Å². The van der Waals surface area contributed by atoms with Crippen LogP contribution in [0.4, 0.5) is 0 Å². The number of hydrogen-bond donors (Lipinski definition) is 2. The molecule has 0 saturated heterocycles. The number of aromatic carboxylic acids is 1. The van der Waals surface area contributed by atoms with Crippen LogP contribution in [0.3, 0.4) is 0 Å². The molecule has 5 nitrogen and oxygen atoms in total. The van der Waals surface area contributed by atoms with Gasteiger partial charge in [-0.2, -0.15) is 0 Å². The molecule has 0 bridgehead atoms. The minimum atomic E-state index is -0.944. The predicted octanol–water partition coefficient (Wildman–Crippen LogP) is 6.79. The van der Waals surface area contributed by atoms with Crippen molar-refractivity contribution >= 4 is 11.7 Å². The molecule has 5 heteroatoms. The lowest BCUT2D eigenvalue weighted by Gasteiger charge is -2.20. The Morgan fingerprint density at radius 1 is 0.824 bits per heavy atom. The van der Waals surface area contributed by atoms with E-state index in [1.807, 2.05) is 36.4 Å². The summed E-state index contributed by atoms with van der Waals surface area (Å²) in [6, 6.07) is 24.9. The number of rotatable bonds is 7. The summed E-state index contributed by atoms with van der Waals surface area (Å²) >= 11 is 0. The van der Waals surface area contributed by atoms with E-state index in [-0.39, 0.29) is 11.5 Å². The number of aromatic nitrogens is 1. The second kappa shape index (κ2) is 10.1. The van der Waals surface area contributed by atoms with E-state index in [1.165, 1.54) is 0 Å². The highest BCUT2D eigenvalue weighted by atomic mass is 16.4. The van der Waals surface area contributed by atoms with E-state index in [1.54, 1.807) is 36.7 Å². The summed E-state index contributed by atoms with van der Waals surface area (Å²) in [6.07, 6.45) is 4.36. The second-order valence-electron chi connectivity index (χ2n) is 8.21. The van der Waals surface area contributed by atoms with Crippen LogP contribution in [-0.2, 0) is 0 Å². The molecule has 0 spiro atoms. The van der Waals surface area contributed by atoms with Crippen LogP contribution < -0.4 is 0 Å². The largest absolute Gasteiger partial charge is 0.478 e. The fraction of sp³-hybridized carbons (Fsp3) is 0.138. The zero-order chi connectivity index (χ0) is 24.1. The molecule has 0 unspecified atom stereocenters. The first-order valence-corrected chi connectivity index (χ1v) is 11.2. The number of carboxylic acid groups (broad SMARTS) is 1. The highest BCUT2D eigenvalue weighted by molar-refractivity contribution is 6.05. The SMILES string of the molecule is CC[C@@H](/C(=N\O)c1ccc(-c2ccc(C(=O)O)cc2)cc1)c1ccc(-c2ccncc2)cc1C. The Labute approximate surface area is 199 Å². The number of carbonyl (C=O) groups is 1. The van der Waals surface area contributed by atoms with Gasteiger partial charge in [0.05, 0.1) is 11.3 Å². The zero-order valence-corrected chi connectivity index (χ0v) is 19.1. The van der Waals surface area contributed by atoms with Gasteiger partial charge in [-0.25, -0.2) is 4.79 Å². The average Bonchev–Trinajstić information content (AvgIpc) is 2.88. The molecule has 0 radical (unpaired) electrons. The maximum absolute atomic E-state index is 11.1.